The maximum absolute atomic E-state index is 13.8. The summed E-state index contributed by atoms with van der Waals surface area (Å²) in [5.41, 5.74) is 0.548. The van der Waals surface area contributed by atoms with Crippen LogP contribution in [0.5, 0.6) is 5.75 Å². The smallest absolute Gasteiger partial charge is 0.303 e. The predicted octanol–water partition coefficient (Wildman–Crippen LogP) is 2.13. The maximum Gasteiger partial charge on any atom is 0.303 e. The molecule has 0 aliphatic rings. The molecule has 18 heavy (non-hydrogen) atoms. The Balaban J connectivity index is 2.53. The molecule has 1 aromatic carbocycles. The van der Waals surface area contributed by atoms with Gasteiger partial charge in [-0.05, 0) is 26.1 Å². The highest BCUT2D eigenvalue weighted by molar-refractivity contribution is 5.66. The molecule has 0 radical (unpaired) electrons. The first kappa shape index (κ1) is 14.4. The molecule has 0 aliphatic heterocycles. The lowest BCUT2D eigenvalue weighted by atomic mass is 10.2. The van der Waals surface area contributed by atoms with Crippen LogP contribution >= 0.6 is 0 Å². The fraction of sp³-hybridized carbons (Fsp3) is 0.462. The molecule has 4 nitrogen and oxygen atoms in total. The summed E-state index contributed by atoms with van der Waals surface area (Å²) < 4.78 is 18.7. The van der Waals surface area contributed by atoms with Gasteiger partial charge in [0, 0.05) is 18.5 Å². The van der Waals surface area contributed by atoms with Gasteiger partial charge in [0.05, 0.1) is 7.11 Å². The minimum absolute atomic E-state index is 0.130. The summed E-state index contributed by atoms with van der Waals surface area (Å²) in [5, 5.41) is 8.53. The van der Waals surface area contributed by atoms with Crippen molar-refractivity contribution >= 4 is 5.97 Å². The van der Waals surface area contributed by atoms with Crippen molar-refractivity contribution in [3.63, 3.8) is 0 Å². The van der Waals surface area contributed by atoms with Gasteiger partial charge in [0.1, 0.15) is 0 Å². The van der Waals surface area contributed by atoms with Gasteiger partial charge in [-0.2, -0.15) is 0 Å². The molecule has 0 atom stereocenters. The number of nitrogens with zero attached hydrogens (tertiary/aromatic N) is 1. The molecule has 0 bridgehead atoms. The Hall–Kier alpha value is -1.62. The summed E-state index contributed by atoms with van der Waals surface area (Å²) in [6, 6.07) is 5.01. The molecule has 0 saturated heterocycles. The third-order valence-corrected chi connectivity index (χ3v) is 2.63. The number of halogens is 1. The van der Waals surface area contributed by atoms with Gasteiger partial charge in [0.25, 0.3) is 0 Å². The van der Waals surface area contributed by atoms with Crippen LogP contribution < -0.4 is 4.74 Å². The fourth-order valence-corrected chi connectivity index (χ4v) is 1.71. The Bertz CT molecular complexity index is 409. The molecule has 0 heterocycles. The molecule has 1 N–H and O–H groups in total. The Morgan fingerprint density at radius 3 is 2.83 bits per heavy atom. The summed E-state index contributed by atoms with van der Waals surface area (Å²) in [6.07, 6.45) is 0.683. The number of carboxylic acids is 1. The average molecular weight is 255 g/mol. The molecular formula is C13H18FNO3. The molecule has 100 valence electrons. The van der Waals surface area contributed by atoms with Crippen LogP contribution in [0.3, 0.4) is 0 Å². The van der Waals surface area contributed by atoms with Crippen molar-refractivity contribution < 1.29 is 19.0 Å². The van der Waals surface area contributed by atoms with Gasteiger partial charge < -0.3 is 14.7 Å². The van der Waals surface area contributed by atoms with Crippen molar-refractivity contribution in [2.24, 2.45) is 0 Å². The average Bonchev–Trinajstić information content (AvgIpc) is 2.31. The summed E-state index contributed by atoms with van der Waals surface area (Å²) in [6.45, 7) is 1.05. The molecule has 0 spiro atoms. The highest BCUT2D eigenvalue weighted by Crippen LogP contribution is 2.20. The molecule has 5 heteroatoms. The van der Waals surface area contributed by atoms with Crippen LogP contribution in [0.25, 0.3) is 0 Å². The number of ether oxygens (including phenoxy) is 1. The summed E-state index contributed by atoms with van der Waals surface area (Å²) >= 11 is 0. The van der Waals surface area contributed by atoms with E-state index in [4.69, 9.17) is 9.84 Å². The predicted molar refractivity (Wildman–Crippen MR) is 66.2 cm³/mol. The number of benzene rings is 1. The van der Waals surface area contributed by atoms with E-state index < -0.39 is 5.97 Å². The Morgan fingerprint density at radius 1 is 1.50 bits per heavy atom. The number of hydrogen-bond acceptors (Lipinski definition) is 3. The van der Waals surface area contributed by atoms with E-state index in [2.05, 4.69) is 0 Å². The third-order valence-electron chi connectivity index (χ3n) is 2.63. The highest BCUT2D eigenvalue weighted by Gasteiger charge is 2.10. The summed E-state index contributed by atoms with van der Waals surface area (Å²) in [5.74, 6) is -0.938. The zero-order chi connectivity index (χ0) is 13.5. The molecular weight excluding hydrogens is 237 g/mol. The largest absolute Gasteiger partial charge is 0.494 e. The standard InChI is InChI=1S/C13H18FNO3/c1-15(8-4-7-12(16)17)9-10-5-3-6-11(18-2)13(10)14/h3,5-6H,4,7-9H2,1-2H3,(H,16,17). The number of hydrogen-bond donors (Lipinski definition) is 1. The first-order chi connectivity index (χ1) is 8.54. The Kier molecular flexibility index (Phi) is 5.58. The highest BCUT2D eigenvalue weighted by atomic mass is 19.1. The van der Waals surface area contributed by atoms with E-state index in [1.807, 2.05) is 11.9 Å². The van der Waals surface area contributed by atoms with Crippen molar-refractivity contribution in [2.45, 2.75) is 19.4 Å². The zero-order valence-corrected chi connectivity index (χ0v) is 10.6. The second-order valence-corrected chi connectivity index (χ2v) is 4.17. The number of carbonyl (C=O) groups is 1. The zero-order valence-electron chi connectivity index (χ0n) is 10.6. The second kappa shape index (κ2) is 6.96. The van der Waals surface area contributed by atoms with Crippen LogP contribution in [0.1, 0.15) is 18.4 Å². The molecule has 0 aliphatic carbocycles. The van der Waals surface area contributed by atoms with Gasteiger partial charge >= 0.3 is 5.97 Å². The fourth-order valence-electron chi connectivity index (χ4n) is 1.71. The lowest BCUT2D eigenvalue weighted by Crippen LogP contribution is -2.20. The first-order valence-electron chi connectivity index (χ1n) is 5.76. The second-order valence-electron chi connectivity index (χ2n) is 4.17. The number of methoxy groups -OCH3 is 1. The van der Waals surface area contributed by atoms with E-state index in [0.29, 0.717) is 25.1 Å². The minimum Gasteiger partial charge on any atom is -0.494 e. The van der Waals surface area contributed by atoms with Crippen molar-refractivity contribution in [3.8, 4) is 5.75 Å². The van der Waals surface area contributed by atoms with Gasteiger partial charge in [-0.25, -0.2) is 4.39 Å². The van der Waals surface area contributed by atoms with Crippen LogP contribution in [0.2, 0.25) is 0 Å². The third kappa shape index (κ3) is 4.33. The monoisotopic (exact) mass is 255 g/mol. The van der Waals surface area contributed by atoms with Gasteiger partial charge in [-0.15, -0.1) is 0 Å². The van der Waals surface area contributed by atoms with E-state index in [1.165, 1.54) is 7.11 Å². The molecule has 0 unspecified atom stereocenters. The Labute approximate surface area is 106 Å². The summed E-state index contributed by atoms with van der Waals surface area (Å²) in [4.78, 5) is 12.3. The molecule has 0 saturated carbocycles. The van der Waals surface area contributed by atoms with Crippen molar-refractivity contribution in [1.29, 1.82) is 0 Å². The van der Waals surface area contributed by atoms with Crippen LogP contribution in [-0.2, 0) is 11.3 Å². The first-order valence-corrected chi connectivity index (χ1v) is 5.76. The SMILES string of the molecule is COc1cccc(CN(C)CCCC(=O)O)c1F. The molecule has 0 amide bonds. The molecule has 1 aromatic rings. The molecule has 0 fully saturated rings. The van der Waals surface area contributed by atoms with Crippen LogP contribution in [0, 0.1) is 5.82 Å². The van der Waals surface area contributed by atoms with Crippen molar-refractivity contribution in [1.82, 2.24) is 4.90 Å². The number of aliphatic carboxylic acids is 1. The number of rotatable bonds is 7. The quantitative estimate of drug-likeness (QED) is 0.811. The molecule has 1 rings (SSSR count). The topological polar surface area (TPSA) is 49.8 Å². The van der Waals surface area contributed by atoms with E-state index in [0.717, 1.165) is 0 Å². The minimum atomic E-state index is -0.809. The van der Waals surface area contributed by atoms with Crippen molar-refractivity contribution in [2.75, 3.05) is 20.7 Å². The van der Waals surface area contributed by atoms with E-state index in [9.17, 15) is 9.18 Å². The van der Waals surface area contributed by atoms with Crippen LogP contribution in [0.4, 0.5) is 4.39 Å². The van der Waals surface area contributed by atoms with Gasteiger partial charge in [-0.3, -0.25) is 4.79 Å². The maximum atomic E-state index is 13.8. The van der Waals surface area contributed by atoms with E-state index in [-0.39, 0.29) is 18.0 Å². The van der Waals surface area contributed by atoms with Crippen LogP contribution in [-0.4, -0.2) is 36.7 Å². The van der Waals surface area contributed by atoms with Gasteiger partial charge in [0.2, 0.25) is 0 Å². The van der Waals surface area contributed by atoms with E-state index >= 15 is 0 Å². The van der Waals surface area contributed by atoms with E-state index in [1.54, 1.807) is 18.2 Å². The Morgan fingerprint density at radius 2 is 2.22 bits per heavy atom. The molecule has 0 aromatic heterocycles. The number of carboxylic acid groups (broad SMARTS) is 1. The lowest BCUT2D eigenvalue weighted by Gasteiger charge is -2.17. The van der Waals surface area contributed by atoms with Gasteiger partial charge in [-0.1, -0.05) is 12.1 Å². The van der Waals surface area contributed by atoms with Crippen molar-refractivity contribution in [3.05, 3.63) is 29.6 Å². The normalized spacial score (nSPS) is 10.7. The lowest BCUT2D eigenvalue weighted by molar-refractivity contribution is -0.137. The summed E-state index contributed by atoms with van der Waals surface area (Å²) in [7, 11) is 3.26. The van der Waals surface area contributed by atoms with Gasteiger partial charge in [0.15, 0.2) is 11.6 Å². The van der Waals surface area contributed by atoms with Crippen LogP contribution in [0.15, 0.2) is 18.2 Å².